The molecule has 2 N–H and O–H groups in total. The lowest BCUT2D eigenvalue weighted by Gasteiger charge is -2.21. The summed E-state index contributed by atoms with van der Waals surface area (Å²) < 4.78 is 41.7. The van der Waals surface area contributed by atoms with Gasteiger partial charge in [0.1, 0.15) is 0 Å². The highest BCUT2D eigenvalue weighted by Crippen LogP contribution is 2.38. The van der Waals surface area contributed by atoms with Crippen molar-refractivity contribution in [3.63, 3.8) is 0 Å². The molecular weight excluding hydrogens is 243 g/mol. The quantitative estimate of drug-likeness (QED) is 0.546. The number of halogens is 3. The number of carbonyl (C=O) groups is 2. The topological polar surface area (TPSA) is 75.6 Å². The van der Waals surface area contributed by atoms with Gasteiger partial charge in [-0.25, -0.2) is 4.79 Å². The zero-order valence-electron chi connectivity index (χ0n) is 8.80. The number of alkyl halides is 3. The second-order valence-corrected chi connectivity index (χ2v) is 3.41. The molecule has 0 saturated carbocycles. The van der Waals surface area contributed by atoms with Crippen LogP contribution in [0.5, 0.6) is 0 Å². The van der Waals surface area contributed by atoms with Crippen molar-refractivity contribution in [1.29, 1.82) is 0 Å². The smallest absolute Gasteiger partial charge is 0.426 e. The molecule has 0 spiro atoms. The van der Waals surface area contributed by atoms with Crippen molar-refractivity contribution >= 4 is 11.9 Å². The number of carbonyl (C=O) groups excluding carboxylic acids is 2. The van der Waals surface area contributed by atoms with Crippen molar-refractivity contribution in [3.05, 3.63) is 11.8 Å². The van der Waals surface area contributed by atoms with Crippen molar-refractivity contribution in [3.8, 4) is 0 Å². The van der Waals surface area contributed by atoms with Gasteiger partial charge in [-0.05, 0) is 6.92 Å². The van der Waals surface area contributed by atoms with E-state index in [4.69, 9.17) is 0 Å². The molecule has 1 rings (SSSR count). The van der Waals surface area contributed by atoms with Crippen molar-refractivity contribution in [1.82, 2.24) is 5.32 Å². The maximum Gasteiger partial charge on any atom is 0.426 e. The summed E-state index contributed by atoms with van der Waals surface area (Å²) in [4.78, 5) is 22.0. The number of hydrogen-bond donors (Lipinski definition) is 2. The van der Waals surface area contributed by atoms with Gasteiger partial charge in [0, 0.05) is 18.2 Å². The Labute approximate surface area is 94.2 Å². The van der Waals surface area contributed by atoms with E-state index in [2.05, 4.69) is 4.74 Å². The van der Waals surface area contributed by atoms with Crippen molar-refractivity contribution in [2.75, 3.05) is 6.61 Å². The van der Waals surface area contributed by atoms with E-state index in [1.165, 1.54) is 6.92 Å². The van der Waals surface area contributed by atoms with Gasteiger partial charge in [0.2, 0.25) is 5.60 Å². The Kier molecular flexibility index (Phi) is 3.46. The summed E-state index contributed by atoms with van der Waals surface area (Å²) in [7, 11) is 0. The number of nitrogens with one attached hydrogen (secondary N) is 1. The van der Waals surface area contributed by atoms with Gasteiger partial charge in [0.05, 0.1) is 6.61 Å². The average molecular weight is 253 g/mol. The number of ether oxygens (including phenoxy) is 1. The van der Waals surface area contributed by atoms with Crippen LogP contribution in [0.3, 0.4) is 0 Å². The molecule has 1 aliphatic heterocycles. The number of rotatable bonds is 2. The van der Waals surface area contributed by atoms with E-state index >= 15 is 0 Å². The highest BCUT2D eigenvalue weighted by atomic mass is 19.4. The fraction of sp³-hybridized carbons (Fsp3) is 0.556. The first-order chi connectivity index (χ1) is 7.70. The molecule has 1 heterocycles. The van der Waals surface area contributed by atoms with Crippen LogP contribution in [0.25, 0.3) is 0 Å². The molecule has 8 heteroatoms. The normalized spacial score (nSPS) is 27.1. The molecule has 17 heavy (non-hydrogen) atoms. The second-order valence-electron chi connectivity index (χ2n) is 3.41. The van der Waals surface area contributed by atoms with Crippen LogP contribution in [-0.2, 0) is 14.3 Å². The summed E-state index contributed by atoms with van der Waals surface area (Å²) in [5, 5.41) is 11.0. The maximum absolute atomic E-state index is 12.4. The van der Waals surface area contributed by atoms with Crippen LogP contribution in [0.2, 0.25) is 0 Å². The van der Waals surface area contributed by atoms with E-state index in [1.807, 2.05) is 0 Å². The number of hydrogen-bond acceptors (Lipinski definition) is 4. The van der Waals surface area contributed by atoms with Crippen LogP contribution >= 0.6 is 0 Å². The van der Waals surface area contributed by atoms with Gasteiger partial charge in [-0.3, -0.25) is 4.79 Å². The molecule has 1 unspecified atom stereocenters. The lowest BCUT2D eigenvalue weighted by molar-refractivity contribution is -0.246. The van der Waals surface area contributed by atoms with E-state index < -0.39 is 30.1 Å². The fourth-order valence-electron chi connectivity index (χ4n) is 1.29. The van der Waals surface area contributed by atoms with Crippen molar-refractivity contribution in [2.45, 2.75) is 25.1 Å². The first-order valence-electron chi connectivity index (χ1n) is 4.68. The number of amides is 1. The summed E-state index contributed by atoms with van der Waals surface area (Å²) in [6.07, 6.45) is -5.40. The Hall–Kier alpha value is -1.57. The minimum absolute atomic E-state index is 0.0557. The standard InChI is InChI=1S/C9H10F3NO4/c1-2-17-6(14)3-5-4-8(16,7(15)13-5)9(10,11)12/h3,16H,2,4H2,1H3,(H,13,15)/b5-3-. The van der Waals surface area contributed by atoms with Crippen molar-refractivity contribution in [2.24, 2.45) is 0 Å². The monoisotopic (exact) mass is 253 g/mol. The summed E-state index contributed by atoms with van der Waals surface area (Å²) in [5.41, 5.74) is -3.81. The Morgan fingerprint density at radius 3 is 2.65 bits per heavy atom. The van der Waals surface area contributed by atoms with Gasteiger partial charge in [-0.2, -0.15) is 13.2 Å². The minimum Gasteiger partial charge on any atom is -0.463 e. The molecule has 0 aliphatic carbocycles. The maximum atomic E-state index is 12.4. The Balaban J connectivity index is 2.87. The van der Waals surface area contributed by atoms with Crippen LogP contribution in [0.15, 0.2) is 11.8 Å². The molecule has 1 atom stereocenters. The van der Waals surface area contributed by atoms with Gasteiger partial charge in [0.25, 0.3) is 5.91 Å². The van der Waals surface area contributed by atoms with Crippen LogP contribution in [-0.4, -0.2) is 35.4 Å². The zero-order valence-corrected chi connectivity index (χ0v) is 8.80. The van der Waals surface area contributed by atoms with Crippen LogP contribution in [0.4, 0.5) is 13.2 Å². The largest absolute Gasteiger partial charge is 0.463 e. The van der Waals surface area contributed by atoms with Crippen LogP contribution < -0.4 is 5.32 Å². The molecule has 0 aromatic carbocycles. The average Bonchev–Trinajstić information content (AvgIpc) is 2.42. The molecule has 0 aromatic rings. The first kappa shape index (κ1) is 13.5. The molecule has 0 aromatic heterocycles. The third-order valence-electron chi connectivity index (χ3n) is 2.14. The number of aliphatic hydroxyl groups is 1. The molecular formula is C9H10F3NO4. The van der Waals surface area contributed by atoms with E-state index in [-0.39, 0.29) is 12.3 Å². The Morgan fingerprint density at radius 2 is 2.24 bits per heavy atom. The Morgan fingerprint density at radius 1 is 1.65 bits per heavy atom. The third-order valence-corrected chi connectivity index (χ3v) is 2.14. The third kappa shape index (κ3) is 2.57. The minimum atomic E-state index is -5.10. The SMILES string of the molecule is CCOC(=O)/C=C1/CC(O)(C(F)(F)F)C(=O)N1. The summed E-state index contributed by atoms with van der Waals surface area (Å²) >= 11 is 0. The lowest BCUT2D eigenvalue weighted by atomic mass is 10.0. The molecule has 0 radical (unpaired) electrons. The summed E-state index contributed by atoms with van der Waals surface area (Å²) in [5.74, 6) is -2.48. The lowest BCUT2D eigenvalue weighted by Crippen LogP contribution is -2.50. The zero-order chi connectivity index (χ0) is 13.3. The molecule has 96 valence electrons. The first-order valence-corrected chi connectivity index (χ1v) is 4.68. The van der Waals surface area contributed by atoms with E-state index in [0.717, 1.165) is 0 Å². The molecule has 0 bridgehead atoms. The summed E-state index contributed by atoms with van der Waals surface area (Å²) in [6.45, 7) is 1.58. The highest BCUT2D eigenvalue weighted by molar-refractivity contribution is 5.93. The van der Waals surface area contributed by atoms with Gasteiger partial charge < -0.3 is 15.2 Å². The molecule has 1 fully saturated rings. The molecule has 1 saturated heterocycles. The fourth-order valence-corrected chi connectivity index (χ4v) is 1.29. The van der Waals surface area contributed by atoms with E-state index in [1.54, 1.807) is 5.32 Å². The van der Waals surface area contributed by atoms with E-state index in [9.17, 15) is 27.9 Å². The van der Waals surface area contributed by atoms with Crippen molar-refractivity contribution < 1.29 is 32.6 Å². The van der Waals surface area contributed by atoms with Crippen LogP contribution in [0.1, 0.15) is 13.3 Å². The molecule has 5 nitrogen and oxygen atoms in total. The second kappa shape index (κ2) is 4.36. The van der Waals surface area contributed by atoms with Gasteiger partial charge in [-0.15, -0.1) is 0 Å². The van der Waals surface area contributed by atoms with Crippen LogP contribution in [0, 0.1) is 0 Å². The van der Waals surface area contributed by atoms with E-state index in [0.29, 0.717) is 6.08 Å². The predicted molar refractivity (Wildman–Crippen MR) is 48.5 cm³/mol. The highest BCUT2D eigenvalue weighted by Gasteiger charge is 2.62. The molecule has 1 aliphatic rings. The summed E-state index contributed by atoms with van der Waals surface area (Å²) in [6, 6.07) is 0. The van der Waals surface area contributed by atoms with Gasteiger partial charge in [-0.1, -0.05) is 0 Å². The van der Waals surface area contributed by atoms with Gasteiger partial charge in [0.15, 0.2) is 0 Å². The predicted octanol–water partition coefficient (Wildman–Crippen LogP) is 0.247. The Bertz CT molecular complexity index is 377. The van der Waals surface area contributed by atoms with Gasteiger partial charge >= 0.3 is 12.1 Å². The number of esters is 1. The molecule has 1 amide bonds.